The number of hydrogen-bond donors (Lipinski definition) is 2. The minimum atomic E-state index is -0.506. The van der Waals surface area contributed by atoms with E-state index in [-0.39, 0.29) is 5.02 Å². The van der Waals surface area contributed by atoms with Crippen molar-refractivity contribution in [2.75, 3.05) is 17.1 Å². The summed E-state index contributed by atoms with van der Waals surface area (Å²) in [6.45, 7) is 1.94. The Balaban J connectivity index is 3.03. The van der Waals surface area contributed by atoms with E-state index >= 15 is 0 Å². The summed E-state index contributed by atoms with van der Waals surface area (Å²) in [5.41, 5.74) is -0.901. The van der Waals surface area contributed by atoms with Gasteiger partial charge in [0.25, 0.3) is 5.56 Å². The summed E-state index contributed by atoms with van der Waals surface area (Å²) in [5, 5.41) is 3.03. The molecule has 2 N–H and O–H groups in total. The first-order valence-electron chi connectivity index (χ1n) is 4.72. The molecule has 0 aliphatic heterocycles. The molecule has 0 aliphatic rings. The SMILES string of the molecule is CCC(CCl)(CCl)Nc1nc[nH]c(=O)c1Cl. The van der Waals surface area contributed by atoms with E-state index in [4.69, 9.17) is 34.8 Å². The summed E-state index contributed by atoms with van der Waals surface area (Å²) in [6.07, 6.45) is 1.98. The molecule has 0 fully saturated rings. The number of H-pyrrole nitrogens is 1. The highest BCUT2D eigenvalue weighted by molar-refractivity contribution is 6.32. The van der Waals surface area contributed by atoms with Gasteiger partial charge in [-0.3, -0.25) is 4.79 Å². The fourth-order valence-corrected chi connectivity index (χ4v) is 2.05. The van der Waals surface area contributed by atoms with E-state index in [0.29, 0.717) is 24.0 Å². The van der Waals surface area contributed by atoms with E-state index in [1.165, 1.54) is 6.33 Å². The molecule has 0 bridgehead atoms. The zero-order chi connectivity index (χ0) is 12.2. The molecule has 16 heavy (non-hydrogen) atoms. The second-order valence-corrected chi connectivity index (χ2v) is 4.33. The van der Waals surface area contributed by atoms with Gasteiger partial charge < -0.3 is 10.3 Å². The number of rotatable bonds is 5. The third-order valence-corrected chi connectivity index (χ3v) is 3.74. The predicted molar refractivity (Wildman–Crippen MR) is 68.0 cm³/mol. The van der Waals surface area contributed by atoms with Gasteiger partial charge in [-0.1, -0.05) is 18.5 Å². The Labute approximate surface area is 108 Å². The van der Waals surface area contributed by atoms with E-state index in [0.717, 1.165) is 0 Å². The summed E-state index contributed by atoms with van der Waals surface area (Å²) >= 11 is 17.5. The molecule has 1 aromatic rings. The highest BCUT2D eigenvalue weighted by atomic mass is 35.5. The van der Waals surface area contributed by atoms with Crippen molar-refractivity contribution in [3.05, 3.63) is 21.7 Å². The van der Waals surface area contributed by atoms with Crippen LogP contribution in [0.5, 0.6) is 0 Å². The standard InChI is InChI=1S/C9H12Cl3N3O/c1-2-9(3-10,4-11)15-7-6(12)8(16)14-5-13-7/h5H,2-4H2,1H3,(H2,13,14,15,16). The molecule has 0 unspecified atom stereocenters. The molecule has 90 valence electrons. The van der Waals surface area contributed by atoms with Crippen molar-refractivity contribution >= 4 is 40.6 Å². The van der Waals surface area contributed by atoms with E-state index in [1.54, 1.807) is 0 Å². The van der Waals surface area contributed by atoms with Crippen LogP contribution in [0, 0.1) is 0 Å². The van der Waals surface area contributed by atoms with Crippen LogP contribution >= 0.6 is 34.8 Å². The van der Waals surface area contributed by atoms with Crippen molar-refractivity contribution in [1.29, 1.82) is 0 Å². The fraction of sp³-hybridized carbons (Fsp3) is 0.556. The maximum absolute atomic E-state index is 11.3. The van der Waals surface area contributed by atoms with Gasteiger partial charge in [-0.15, -0.1) is 23.2 Å². The van der Waals surface area contributed by atoms with Gasteiger partial charge in [0, 0.05) is 11.8 Å². The van der Waals surface area contributed by atoms with Crippen molar-refractivity contribution in [3.8, 4) is 0 Å². The van der Waals surface area contributed by atoms with Crippen LogP contribution < -0.4 is 10.9 Å². The number of nitrogens with one attached hydrogen (secondary N) is 2. The first-order valence-corrected chi connectivity index (χ1v) is 6.16. The fourth-order valence-electron chi connectivity index (χ4n) is 1.10. The molecule has 1 aromatic heterocycles. The molecule has 0 saturated heterocycles. The lowest BCUT2D eigenvalue weighted by molar-refractivity contribution is 0.557. The number of alkyl halides is 2. The van der Waals surface area contributed by atoms with Crippen LogP contribution in [0.1, 0.15) is 13.3 Å². The molecule has 0 amide bonds. The van der Waals surface area contributed by atoms with Gasteiger partial charge in [0.1, 0.15) is 5.02 Å². The van der Waals surface area contributed by atoms with Gasteiger partial charge in [0.2, 0.25) is 0 Å². The number of halogens is 3. The van der Waals surface area contributed by atoms with E-state index in [1.807, 2.05) is 6.92 Å². The molecule has 1 heterocycles. The lowest BCUT2D eigenvalue weighted by atomic mass is 10.0. The minimum Gasteiger partial charge on any atom is -0.361 e. The summed E-state index contributed by atoms with van der Waals surface area (Å²) in [7, 11) is 0. The highest BCUT2D eigenvalue weighted by Gasteiger charge is 2.27. The molecule has 7 heteroatoms. The van der Waals surface area contributed by atoms with Crippen LogP contribution in [0.15, 0.2) is 11.1 Å². The van der Waals surface area contributed by atoms with Gasteiger partial charge in [0.15, 0.2) is 5.82 Å². The molecule has 0 aromatic carbocycles. The Hall–Kier alpha value is -0.450. The maximum atomic E-state index is 11.3. The molecule has 0 radical (unpaired) electrons. The van der Waals surface area contributed by atoms with Crippen LogP contribution in [0.4, 0.5) is 5.82 Å². The Morgan fingerprint density at radius 1 is 1.50 bits per heavy atom. The van der Waals surface area contributed by atoms with Crippen LogP contribution in [0.25, 0.3) is 0 Å². The summed E-state index contributed by atoms with van der Waals surface area (Å²) in [6, 6.07) is 0. The first kappa shape index (κ1) is 13.6. The maximum Gasteiger partial charge on any atom is 0.271 e. The topological polar surface area (TPSA) is 57.8 Å². The Morgan fingerprint density at radius 2 is 2.12 bits per heavy atom. The van der Waals surface area contributed by atoms with Gasteiger partial charge in [-0.05, 0) is 6.42 Å². The van der Waals surface area contributed by atoms with Crippen LogP contribution in [-0.2, 0) is 0 Å². The van der Waals surface area contributed by atoms with E-state index in [9.17, 15) is 4.79 Å². The normalized spacial score (nSPS) is 11.5. The number of anilines is 1. The van der Waals surface area contributed by atoms with Crippen LogP contribution in [-0.4, -0.2) is 27.3 Å². The molecule has 0 atom stereocenters. The van der Waals surface area contributed by atoms with Crippen molar-refractivity contribution in [2.24, 2.45) is 0 Å². The zero-order valence-corrected chi connectivity index (χ0v) is 11.0. The first-order chi connectivity index (χ1) is 7.58. The smallest absolute Gasteiger partial charge is 0.271 e. The average molecular weight is 285 g/mol. The highest BCUT2D eigenvalue weighted by Crippen LogP contribution is 2.23. The van der Waals surface area contributed by atoms with Gasteiger partial charge in [-0.25, -0.2) is 4.98 Å². The molecule has 4 nitrogen and oxygen atoms in total. The number of aromatic amines is 1. The van der Waals surface area contributed by atoms with Crippen LogP contribution in [0.2, 0.25) is 5.02 Å². The second-order valence-electron chi connectivity index (χ2n) is 3.42. The van der Waals surface area contributed by atoms with E-state index < -0.39 is 11.1 Å². The molecular weight excluding hydrogens is 272 g/mol. The molecule has 1 rings (SSSR count). The van der Waals surface area contributed by atoms with Crippen LogP contribution in [0.3, 0.4) is 0 Å². The Kier molecular flexibility index (Phi) is 4.89. The van der Waals surface area contributed by atoms with Gasteiger partial charge in [0.05, 0.1) is 11.9 Å². The van der Waals surface area contributed by atoms with Gasteiger partial charge in [-0.2, -0.15) is 0 Å². The predicted octanol–water partition coefficient (Wildman–Crippen LogP) is 2.46. The third-order valence-electron chi connectivity index (χ3n) is 2.37. The zero-order valence-electron chi connectivity index (χ0n) is 8.69. The summed E-state index contributed by atoms with van der Waals surface area (Å²) in [5.74, 6) is 0.906. The Bertz CT molecular complexity index is 395. The van der Waals surface area contributed by atoms with Crippen molar-refractivity contribution in [1.82, 2.24) is 9.97 Å². The molecular formula is C9H12Cl3N3O. The summed E-state index contributed by atoms with van der Waals surface area (Å²) in [4.78, 5) is 17.6. The summed E-state index contributed by atoms with van der Waals surface area (Å²) < 4.78 is 0. The third kappa shape index (κ3) is 2.81. The lowest BCUT2D eigenvalue weighted by Gasteiger charge is -2.30. The molecule has 0 saturated carbocycles. The largest absolute Gasteiger partial charge is 0.361 e. The lowest BCUT2D eigenvalue weighted by Crippen LogP contribution is -2.42. The van der Waals surface area contributed by atoms with Gasteiger partial charge >= 0.3 is 0 Å². The number of aromatic nitrogens is 2. The number of hydrogen-bond acceptors (Lipinski definition) is 3. The average Bonchev–Trinajstić information content (AvgIpc) is 2.32. The van der Waals surface area contributed by atoms with Crippen molar-refractivity contribution in [3.63, 3.8) is 0 Å². The van der Waals surface area contributed by atoms with Crippen molar-refractivity contribution in [2.45, 2.75) is 18.9 Å². The quantitative estimate of drug-likeness (QED) is 0.817. The monoisotopic (exact) mass is 283 g/mol. The number of nitrogens with zero attached hydrogens (tertiary/aromatic N) is 1. The second kappa shape index (κ2) is 5.75. The molecule has 0 aliphatic carbocycles. The Morgan fingerprint density at radius 3 is 2.62 bits per heavy atom. The van der Waals surface area contributed by atoms with E-state index in [2.05, 4.69) is 15.3 Å². The molecule has 0 spiro atoms. The minimum absolute atomic E-state index is 0.00978. The van der Waals surface area contributed by atoms with Crippen molar-refractivity contribution < 1.29 is 0 Å².